The molecule has 0 saturated heterocycles. The van der Waals surface area contributed by atoms with Crippen LogP contribution in [0.3, 0.4) is 0 Å². The number of hydrogen-bond donors (Lipinski definition) is 0. The molecule has 1 rings (SSSR count). The largest absolute Gasteiger partial charge is 0.491 e. The maximum Gasteiger partial charge on any atom is 0.119 e. The summed E-state index contributed by atoms with van der Waals surface area (Å²) >= 11 is 5.66. The van der Waals surface area contributed by atoms with E-state index in [2.05, 4.69) is 31.2 Å². The smallest absolute Gasteiger partial charge is 0.119 e. The van der Waals surface area contributed by atoms with Gasteiger partial charge in [-0.3, -0.25) is 0 Å². The van der Waals surface area contributed by atoms with Crippen LogP contribution in [-0.4, -0.2) is 145 Å². The minimum Gasteiger partial charge on any atom is -0.491 e. The van der Waals surface area contributed by atoms with Gasteiger partial charge in [-0.15, -0.1) is 11.6 Å². The van der Waals surface area contributed by atoms with E-state index < -0.39 is 0 Å². The quantitative estimate of drug-likeness (QED) is 0.0511. The molecular weight excluding hydrogens is 692 g/mol. The van der Waals surface area contributed by atoms with Gasteiger partial charge in [-0.1, -0.05) is 64.0 Å². The molecule has 0 N–H and O–H groups in total. The molecule has 0 atom stereocenters. The van der Waals surface area contributed by atoms with E-state index in [9.17, 15) is 0 Å². The molecule has 0 aliphatic rings. The number of halogens is 1. The van der Waals surface area contributed by atoms with Crippen LogP contribution in [0.15, 0.2) is 24.3 Å². The predicted molar refractivity (Wildman–Crippen MR) is 206 cm³/mol. The standard InChI is InChI=1S/C40H73ClO11/c1-2-3-4-5-6-9-12-39-13-15-40(16-14-39)52-38-37-51-36-35-50-34-33-49-32-31-48-30-29-47-28-27-46-26-25-45-24-23-44-22-21-43-20-19-42-18-11-8-7-10-17-41/h13-16H,2-12,17-38H2,1H3. The normalized spacial score (nSPS) is 11.5. The number of alkyl halides is 1. The second-order valence-electron chi connectivity index (χ2n) is 12.2. The van der Waals surface area contributed by atoms with Gasteiger partial charge in [-0.2, -0.15) is 0 Å². The van der Waals surface area contributed by atoms with Gasteiger partial charge in [-0.25, -0.2) is 0 Å². The highest BCUT2D eigenvalue weighted by atomic mass is 35.5. The Balaban J connectivity index is 1.67. The van der Waals surface area contributed by atoms with Crippen molar-refractivity contribution in [2.45, 2.75) is 77.6 Å². The summed E-state index contributed by atoms with van der Waals surface area (Å²) in [5.74, 6) is 1.63. The van der Waals surface area contributed by atoms with Crippen molar-refractivity contribution in [2.75, 3.05) is 145 Å². The second-order valence-corrected chi connectivity index (χ2v) is 12.6. The van der Waals surface area contributed by atoms with E-state index in [-0.39, 0.29) is 0 Å². The van der Waals surface area contributed by atoms with E-state index in [0.29, 0.717) is 132 Å². The van der Waals surface area contributed by atoms with Gasteiger partial charge in [-0.05, 0) is 43.4 Å². The maximum absolute atomic E-state index is 5.78. The monoisotopic (exact) mass is 764 g/mol. The summed E-state index contributed by atoms with van der Waals surface area (Å²) in [6.07, 6.45) is 13.6. The third kappa shape index (κ3) is 37.2. The summed E-state index contributed by atoms with van der Waals surface area (Å²) in [5, 5.41) is 0. The van der Waals surface area contributed by atoms with Gasteiger partial charge < -0.3 is 52.1 Å². The Morgan fingerprint density at radius 1 is 0.346 bits per heavy atom. The van der Waals surface area contributed by atoms with Gasteiger partial charge in [0, 0.05) is 12.5 Å². The molecule has 306 valence electrons. The predicted octanol–water partition coefficient (Wildman–Crippen LogP) is 6.93. The first kappa shape index (κ1) is 48.9. The van der Waals surface area contributed by atoms with E-state index in [0.717, 1.165) is 37.5 Å². The van der Waals surface area contributed by atoms with E-state index in [1.165, 1.54) is 56.9 Å². The van der Waals surface area contributed by atoms with Crippen LogP contribution in [0, 0.1) is 0 Å². The summed E-state index contributed by atoms with van der Waals surface area (Å²) in [4.78, 5) is 0. The van der Waals surface area contributed by atoms with Crippen molar-refractivity contribution in [1.82, 2.24) is 0 Å². The van der Waals surface area contributed by atoms with E-state index >= 15 is 0 Å². The maximum atomic E-state index is 5.78. The SMILES string of the molecule is CCCCCCCCc1ccc(OCCOCCOCCOCCOCCOCCOCCOCCOCCOCCOCCCCCCCl)cc1. The van der Waals surface area contributed by atoms with E-state index in [1.807, 2.05) is 0 Å². The zero-order valence-corrected chi connectivity index (χ0v) is 33.3. The van der Waals surface area contributed by atoms with Crippen LogP contribution in [0.1, 0.15) is 76.7 Å². The molecule has 12 heteroatoms. The van der Waals surface area contributed by atoms with Crippen LogP contribution in [0.2, 0.25) is 0 Å². The molecule has 0 aliphatic heterocycles. The lowest BCUT2D eigenvalue weighted by molar-refractivity contribution is -0.0267. The van der Waals surface area contributed by atoms with Crippen LogP contribution in [0.25, 0.3) is 0 Å². The van der Waals surface area contributed by atoms with E-state index in [1.54, 1.807) is 0 Å². The Hall–Kier alpha value is -1.09. The summed E-state index contributed by atoms with van der Waals surface area (Å²) in [6.45, 7) is 13.7. The topological polar surface area (TPSA) is 102 Å². The highest BCUT2D eigenvalue weighted by molar-refractivity contribution is 6.17. The number of ether oxygens (including phenoxy) is 11. The van der Waals surface area contributed by atoms with Gasteiger partial charge in [0.15, 0.2) is 0 Å². The van der Waals surface area contributed by atoms with Crippen molar-refractivity contribution in [1.29, 1.82) is 0 Å². The molecule has 0 aromatic heterocycles. The second kappa shape index (κ2) is 42.6. The Morgan fingerprint density at radius 2 is 0.673 bits per heavy atom. The van der Waals surface area contributed by atoms with Crippen LogP contribution in [-0.2, 0) is 53.8 Å². The van der Waals surface area contributed by atoms with Crippen LogP contribution in [0.5, 0.6) is 5.75 Å². The van der Waals surface area contributed by atoms with Crippen LogP contribution >= 0.6 is 11.6 Å². The lowest BCUT2D eigenvalue weighted by Gasteiger charge is -2.09. The van der Waals surface area contributed by atoms with Crippen LogP contribution < -0.4 is 4.74 Å². The van der Waals surface area contributed by atoms with E-state index in [4.69, 9.17) is 63.7 Å². The number of benzene rings is 1. The molecule has 1 aromatic carbocycles. The van der Waals surface area contributed by atoms with Gasteiger partial charge in [0.1, 0.15) is 12.4 Å². The molecular formula is C40H73ClO11. The summed E-state index contributed by atoms with van der Waals surface area (Å²) in [5.41, 5.74) is 1.38. The first-order chi connectivity index (χ1) is 25.9. The molecule has 0 fully saturated rings. The molecule has 0 spiro atoms. The molecule has 0 aliphatic carbocycles. The van der Waals surface area contributed by atoms with Crippen molar-refractivity contribution in [3.8, 4) is 5.75 Å². The minimum atomic E-state index is 0.517. The summed E-state index contributed by atoms with van der Waals surface area (Å²) in [6, 6.07) is 8.44. The molecule has 0 unspecified atom stereocenters. The third-order valence-corrected chi connectivity index (χ3v) is 8.03. The number of unbranched alkanes of at least 4 members (excludes halogenated alkanes) is 8. The molecule has 52 heavy (non-hydrogen) atoms. The van der Waals surface area contributed by atoms with Crippen LogP contribution in [0.4, 0.5) is 0 Å². The number of aryl methyl sites for hydroxylation is 1. The fourth-order valence-corrected chi connectivity index (χ4v) is 5.00. The zero-order chi connectivity index (χ0) is 37.1. The Morgan fingerprint density at radius 3 is 1.08 bits per heavy atom. The highest BCUT2D eigenvalue weighted by Crippen LogP contribution is 2.15. The van der Waals surface area contributed by atoms with Crippen molar-refractivity contribution < 1.29 is 52.1 Å². The zero-order valence-electron chi connectivity index (χ0n) is 32.5. The molecule has 0 heterocycles. The Bertz CT molecular complexity index is 806. The lowest BCUT2D eigenvalue weighted by atomic mass is 10.0. The lowest BCUT2D eigenvalue weighted by Crippen LogP contribution is -2.15. The summed E-state index contributed by atoms with van der Waals surface area (Å²) in [7, 11) is 0. The van der Waals surface area contributed by atoms with Crippen molar-refractivity contribution in [3.05, 3.63) is 29.8 Å². The molecule has 0 radical (unpaired) electrons. The number of rotatable bonds is 44. The highest BCUT2D eigenvalue weighted by Gasteiger charge is 1.99. The van der Waals surface area contributed by atoms with Crippen molar-refractivity contribution in [2.24, 2.45) is 0 Å². The molecule has 1 aromatic rings. The average molecular weight is 765 g/mol. The fraction of sp³-hybridized carbons (Fsp3) is 0.850. The summed E-state index contributed by atoms with van der Waals surface area (Å²) < 4.78 is 61.0. The van der Waals surface area contributed by atoms with Crippen molar-refractivity contribution in [3.63, 3.8) is 0 Å². The Labute approximate surface area is 320 Å². The van der Waals surface area contributed by atoms with Gasteiger partial charge in [0.25, 0.3) is 0 Å². The fourth-order valence-electron chi connectivity index (χ4n) is 4.81. The average Bonchev–Trinajstić information content (AvgIpc) is 3.16. The number of hydrogen-bond acceptors (Lipinski definition) is 11. The molecule has 0 saturated carbocycles. The molecule has 11 nitrogen and oxygen atoms in total. The molecule has 0 bridgehead atoms. The third-order valence-electron chi connectivity index (χ3n) is 7.76. The first-order valence-electron chi connectivity index (χ1n) is 19.9. The van der Waals surface area contributed by atoms with Gasteiger partial charge in [0.2, 0.25) is 0 Å². The van der Waals surface area contributed by atoms with Gasteiger partial charge in [0.05, 0.1) is 126 Å². The van der Waals surface area contributed by atoms with Crippen molar-refractivity contribution >= 4 is 11.6 Å². The molecule has 0 amide bonds. The minimum absolute atomic E-state index is 0.517. The first-order valence-corrected chi connectivity index (χ1v) is 20.5. The van der Waals surface area contributed by atoms with Gasteiger partial charge >= 0.3 is 0 Å². The Kier molecular flexibility index (Phi) is 40.1.